The SMILES string of the molecule is CC/C=C\C/C=C\C/C=C\C/C=C\CCCCC(=O)OCC(COC1OC(C(=O)O)C(O)C(O)C1OC(=O)CCCCCCCCCCCCCCCCC)OC(=O)CCCCCCC/C=C\C/C=C\C/C=C\CC. The number of carboxylic acid groups (broad SMARTS) is 1. The summed E-state index contributed by atoms with van der Waals surface area (Å²) in [7, 11) is 0. The molecule has 428 valence electrons. The highest BCUT2D eigenvalue weighted by atomic mass is 16.7. The fourth-order valence-electron chi connectivity index (χ4n) is 8.49. The van der Waals surface area contributed by atoms with E-state index in [1.54, 1.807) is 0 Å². The Kier molecular flexibility index (Phi) is 46.6. The molecule has 75 heavy (non-hydrogen) atoms. The number of carboxylic acids is 1. The number of aliphatic hydroxyl groups excluding tert-OH is 2. The fourth-order valence-corrected chi connectivity index (χ4v) is 8.49. The van der Waals surface area contributed by atoms with E-state index < -0.39 is 67.3 Å². The molecule has 1 fully saturated rings. The van der Waals surface area contributed by atoms with Crippen LogP contribution >= 0.6 is 0 Å². The van der Waals surface area contributed by atoms with Crippen molar-refractivity contribution in [3.05, 3.63) is 85.1 Å². The maximum atomic E-state index is 13.1. The van der Waals surface area contributed by atoms with Crippen LogP contribution in [-0.4, -0.2) is 89.2 Å². The third-order valence-corrected chi connectivity index (χ3v) is 13.0. The van der Waals surface area contributed by atoms with Crippen molar-refractivity contribution in [1.29, 1.82) is 0 Å². The van der Waals surface area contributed by atoms with E-state index in [-0.39, 0.29) is 25.9 Å². The van der Waals surface area contributed by atoms with Crippen LogP contribution in [0.5, 0.6) is 0 Å². The number of ether oxygens (including phenoxy) is 5. The Balaban J connectivity index is 2.73. The molecule has 1 aliphatic heterocycles. The molecule has 6 unspecified atom stereocenters. The molecule has 1 saturated heterocycles. The van der Waals surface area contributed by atoms with Gasteiger partial charge in [0.05, 0.1) is 6.61 Å². The quantitative estimate of drug-likeness (QED) is 0.0228. The molecule has 0 saturated carbocycles. The van der Waals surface area contributed by atoms with Crippen LogP contribution < -0.4 is 0 Å². The Morgan fingerprint density at radius 2 is 0.840 bits per heavy atom. The van der Waals surface area contributed by atoms with Gasteiger partial charge >= 0.3 is 23.9 Å². The van der Waals surface area contributed by atoms with Crippen molar-refractivity contribution in [3.63, 3.8) is 0 Å². The Hall–Kier alpha value is -4.10. The van der Waals surface area contributed by atoms with Crippen LogP contribution in [0.4, 0.5) is 0 Å². The standard InChI is InChI=1S/C63H104O12/c1-4-7-10-13-16-19-22-25-28-31-34-37-40-43-46-49-55(64)71-52-54(73-56(65)50-47-44-41-38-35-32-29-26-23-20-17-14-11-8-5-2)53-72-63-61(59(68)58(67)60(75-63)62(69)70)74-57(66)51-48-45-42-39-36-33-30-27-24-21-18-15-12-9-6-3/h7-8,10-11,16-17,19-20,25-26,28-29,34,37,54,58-61,63,67-68H,4-6,9,12-15,18,21-24,27,30-33,35-36,38-53H2,1-3H3,(H,69,70)/b10-7-,11-8-,19-16-,20-17-,28-25-,29-26-,37-34-. The largest absolute Gasteiger partial charge is 0.479 e. The molecule has 0 radical (unpaired) electrons. The molecular weight excluding hydrogens is 949 g/mol. The van der Waals surface area contributed by atoms with Crippen LogP contribution in [0.2, 0.25) is 0 Å². The zero-order valence-corrected chi connectivity index (χ0v) is 47.0. The van der Waals surface area contributed by atoms with Gasteiger partial charge < -0.3 is 39.0 Å². The monoisotopic (exact) mass is 1050 g/mol. The Morgan fingerprint density at radius 1 is 0.453 bits per heavy atom. The maximum absolute atomic E-state index is 13.1. The highest BCUT2D eigenvalue weighted by Crippen LogP contribution is 2.26. The summed E-state index contributed by atoms with van der Waals surface area (Å²) in [6.45, 7) is 5.72. The summed E-state index contributed by atoms with van der Waals surface area (Å²) in [6.07, 6.45) is 52.7. The lowest BCUT2D eigenvalue weighted by Gasteiger charge is -2.40. The minimum Gasteiger partial charge on any atom is -0.479 e. The molecule has 0 aliphatic carbocycles. The van der Waals surface area contributed by atoms with E-state index in [2.05, 4.69) is 106 Å². The Bertz CT molecular complexity index is 1630. The molecule has 6 atom stereocenters. The smallest absolute Gasteiger partial charge is 0.335 e. The van der Waals surface area contributed by atoms with Gasteiger partial charge in [-0.3, -0.25) is 14.4 Å². The predicted octanol–water partition coefficient (Wildman–Crippen LogP) is 15.1. The van der Waals surface area contributed by atoms with Gasteiger partial charge in [0, 0.05) is 19.3 Å². The Morgan fingerprint density at radius 3 is 1.31 bits per heavy atom. The van der Waals surface area contributed by atoms with Gasteiger partial charge in [-0.2, -0.15) is 0 Å². The first-order valence-electron chi connectivity index (χ1n) is 29.6. The van der Waals surface area contributed by atoms with Crippen LogP contribution in [0.3, 0.4) is 0 Å². The normalized spacial score (nSPS) is 18.8. The van der Waals surface area contributed by atoms with Gasteiger partial charge in [-0.25, -0.2) is 4.79 Å². The van der Waals surface area contributed by atoms with Gasteiger partial charge in [0.2, 0.25) is 0 Å². The zero-order valence-electron chi connectivity index (χ0n) is 47.0. The van der Waals surface area contributed by atoms with Gasteiger partial charge in [0.25, 0.3) is 0 Å². The second kappa shape index (κ2) is 50.7. The van der Waals surface area contributed by atoms with Crippen molar-refractivity contribution in [3.8, 4) is 0 Å². The summed E-state index contributed by atoms with van der Waals surface area (Å²) in [5.41, 5.74) is 0. The third kappa shape index (κ3) is 40.8. The number of aliphatic carboxylic acids is 1. The van der Waals surface area contributed by atoms with E-state index in [0.717, 1.165) is 116 Å². The van der Waals surface area contributed by atoms with Crippen LogP contribution in [0.15, 0.2) is 85.1 Å². The first kappa shape index (κ1) is 68.9. The number of unbranched alkanes of at least 4 members (excludes halogenated alkanes) is 21. The highest BCUT2D eigenvalue weighted by Gasteiger charge is 2.50. The summed E-state index contributed by atoms with van der Waals surface area (Å²) >= 11 is 0. The van der Waals surface area contributed by atoms with Gasteiger partial charge in [-0.05, 0) is 89.9 Å². The molecule has 3 N–H and O–H groups in total. The van der Waals surface area contributed by atoms with Crippen molar-refractivity contribution in [1.82, 2.24) is 0 Å². The first-order chi connectivity index (χ1) is 36.6. The second-order valence-electron chi connectivity index (χ2n) is 19.9. The van der Waals surface area contributed by atoms with Crippen molar-refractivity contribution in [2.24, 2.45) is 0 Å². The molecule has 0 bridgehead atoms. The molecule has 0 aromatic heterocycles. The fraction of sp³-hybridized carbons (Fsp3) is 0.714. The van der Waals surface area contributed by atoms with E-state index in [9.17, 15) is 34.5 Å². The number of carbonyl (C=O) groups is 4. The maximum Gasteiger partial charge on any atom is 0.335 e. The van der Waals surface area contributed by atoms with E-state index in [0.29, 0.717) is 19.3 Å². The number of hydrogen-bond acceptors (Lipinski definition) is 11. The first-order valence-corrected chi connectivity index (χ1v) is 29.6. The van der Waals surface area contributed by atoms with E-state index in [1.807, 2.05) is 0 Å². The van der Waals surface area contributed by atoms with Crippen molar-refractivity contribution in [2.45, 2.75) is 276 Å². The van der Waals surface area contributed by atoms with Gasteiger partial charge in [-0.1, -0.05) is 215 Å². The number of carbonyl (C=O) groups excluding carboxylic acids is 3. The molecule has 12 nitrogen and oxygen atoms in total. The molecular formula is C63H104O12. The summed E-state index contributed by atoms with van der Waals surface area (Å²) < 4.78 is 28.4. The lowest BCUT2D eigenvalue weighted by Crippen LogP contribution is -2.61. The molecule has 1 rings (SSSR count). The van der Waals surface area contributed by atoms with Crippen LogP contribution in [0.1, 0.15) is 239 Å². The number of esters is 3. The number of allylic oxidation sites excluding steroid dienone is 14. The lowest BCUT2D eigenvalue weighted by molar-refractivity contribution is -0.301. The molecule has 1 heterocycles. The lowest BCUT2D eigenvalue weighted by atomic mass is 9.98. The summed E-state index contributed by atoms with van der Waals surface area (Å²) in [6, 6.07) is 0. The van der Waals surface area contributed by atoms with Crippen LogP contribution in [-0.2, 0) is 42.9 Å². The second-order valence-corrected chi connectivity index (χ2v) is 19.9. The van der Waals surface area contributed by atoms with E-state index in [1.165, 1.54) is 64.2 Å². The molecule has 1 aliphatic rings. The zero-order chi connectivity index (χ0) is 54.7. The highest BCUT2D eigenvalue weighted by molar-refractivity contribution is 5.74. The molecule has 0 spiro atoms. The molecule has 12 heteroatoms. The number of aliphatic hydroxyl groups is 2. The van der Waals surface area contributed by atoms with Crippen LogP contribution in [0, 0.1) is 0 Å². The molecule has 0 amide bonds. The van der Waals surface area contributed by atoms with Gasteiger partial charge in [0.1, 0.15) is 18.8 Å². The summed E-state index contributed by atoms with van der Waals surface area (Å²) in [5.74, 6) is -3.20. The average Bonchev–Trinajstić information content (AvgIpc) is 3.39. The molecule has 0 aromatic rings. The van der Waals surface area contributed by atoms with Crippen molar-refractivity contribution in [2.75, 3.05) is 13.2 Å². The average molecular weight is 1050 g/mol. The van der Waals surface area contributed by atoms with E-state index >= 15 is 0 Å². The van der Waals surface area contributed by atoms with E-state index in [4.69, 9.17) is 23.7 Å². The summed E-state index contributed by atoms with van der Waals surface area (Å²) in [5, 5.41) is 31.5. The van der Waals surface area contributed by atoms with Crippen molar-refractivity contribution >= 4 is 23.9 Å². The molecule has 0 aromatic carbocycles. The summed E-state index contributed by atoms with van der Waals surface area (Å²) in [4.78, 5) is 51.1. The van der Waals surface area contributed by atoms with Gasteiger partial charge in [-0.15, -0.1) is 0 Å². The number of rotatable bonds is 49. The minimum atomic E-state index is -1.91. The third-order valence-electron chi connectivity index (χ3n) is 13.0. The van der Waals surface area contributed by atoms with Gasteiger partial charge in [0.15, 0.2) is 24.6 Å². The Labute approximate surface area is 454 Å². The topological polar surface area (TPSA) is 175 Å². The predicted molar refractivity (Wildman–Crippen MR) is 303 cm³/mol. The van der Waals surface area contributed by atoms with Crippen LogP contribution in [0.25, 0.3) is 0 Å². The number of hydrogen-bond donors (Lipinski definition) is 3. The van der Waals surface area contributed by atoms with Crippen molar-refractivity contribution < 1.29 is 58.2 Å². The minimum absolute atomic E-state index is 0.0543.